The van der Waals surface area contributed by atoms with Gasteiger partial charge in [-0.15, -0.1) is 0 Å². The summed E-state index contributed by atoms with van der Waals surface area (Å²) in [5.41, 5.74) is 4.92. The molecule has 240 valence electrons. The fourth-order valence-corrected chi connectivity index (χ4v) is 11.8. The molecule has 5 heteroatoms. The lowest BCUT2D eigenvalue weighted by Crippen LogP contribution is -2.65. The van der Waals surface area contributed by atoms with Gasteiger partial charge in [0.2, 0.25) is 0 Å². The summed E-state index contributed by atoms with van der Waals surface area (Å²) in [6.45, 7) is 12.4. The van der Waals surface area contributed by atoms with Gasteiger partial charge in [0.1, 0.15) is 0 Å². The predicted octanol–water partition coefficient (Wildman–Crippen LogP) is 6.77. The minimum atomic E-state index is -0.792. The topological polar surface area (TPSA) is 79.2 Å². The maximum atomic E-state index is 12.3. The molecule has 0 radical (unpaired) electrons. The van der Waals surface area contributed by atoms with Crippen LogP contribution in [0.2, 0.25) is 0 Å². The first-order chi connectivity index (χ1) is 20.9. The summed E-state index contributed by atoms with van der Waals surface area (Å²) < 4.78 is 12.7. The van der Waals surface area contributed by atoms with Crippen molar-refractivity contribution in [2.45, 2.75) is 111 Å². The second-order valence-electron chi connectivity index (χ2n) is 16.4. The fourth-order valence-electron chi connectivity index (χ4n) is 11.8. The van der Waals surface area contributed by atoms with Crippen LogP contribution in [0.1, 0.15) is 85.1 Å². The number of ether oxygens (including phenoxy) is 2. The van der Waals surface area contributed by atoms with Crippen molar-refractivity contribution in [1.29, 1.82) is 0 Å². The molecule has 1 aromatic rings. The molecule has 0 spiro atoms. The van der Waals surface area contributed by atoms with Crippen molar-refractivity contribution in [3.63, 3.8) is 0 Å². The molecule has 0 bridgehead atoms. The Morgan fingerprint density at radius 2 is 1.77 bits per heavy atom. The van der Waals surface area contributed by atoms with Crippen LogP contribution >= 0.6 is 0 Å². The van der Waals surface area contributed by atoms with E-state index in [1.54, 1.807) is 5.57 Å². The zero-order chi connectivity index (χ0) is 31.1. The van der Waals surface area contributed by atoms with Crippen LogP contribution in [-0.4, -0.2) is 53.1 Å². The van der Waals surface area contributed by atoms with E-state index in [0.29, 0.717) is 17.8 Å². The van der Waals surface area contributed by atoms with Gasteiger partial charge in [0, 0.05) is 16.7 Å². The molecule has 0 aromatic heterocycles. The highest BCUT2D eigenvalue weighted by molar-refractivity contribution is 5.38. The van der Waals surface area contributed by atoms with Gasteiger partial charge in [0.05, 0.1) is 31.5 Å². The number of benzene rings is 1. The smallest absolute Gasteiger partial charge is 0.158 e. The average molecular weight is 603 g/mol. The van der Waals surface area contributed by atoms with Gasteiger partial charge < -0.3 is 24.8 Å². The number of allylic oxidation sites excluding steroid dienone is 2. The molecule has 7 rings (SSSR count). The SMILES string of the molecule is C/C(=C\[C@H]1C[C@@H]([C@@H]2CC=C3[C@]4(C)[C@H](O)C[C@@H]5[C@](C)(CC=C6C[C@@H](Cc7ccccc7)OC[C@@]65C)[C@H]4CC[C@]32C)C(O)O1)CO. The molecule has 4 aliphatic carbocycles. The third-order valence-electron chi connectivity index (χ3n) is 14.1. The summed E-state index contributed by atoms with van der Waals surface area (Å²) in [7, 11) is 0. The highest BCUT2D eigenvalue weighted by Crippen LogP contribution is 2.73. The molecule has 4 fully saturated rings. The molecule has 2 aliphatic heterocycles. The van der Waals surface area contributed by atoms with Crippen LogP contribution in [-0.2, 0) is 15.9 Å². The highest BCUT2D eigenvalue weighted by atomic mass is 16.6. The van der Waals surface area contributed by atoms with Crippen molar-refractivity contribution >= 4 is 0 Å². The van der Waals surface area contributed by atoms with Gasteiger partial charge in [-0.05, 0) is 98.0 Å². The average Bonchev–Trinajstić information content (AvgIpc) is 3.54. The molecular weight excluding hydrogens is 548 g/mol. The van der Waals surface area contributed by atoms with Gasteiger partial charge in [0.15, 0.2) is 6.29 Å². The molecule has 2 saturated carbocycles. The number of hydrogen-bond acceptors (Lipinski definition) is 5. The van der Waals surface area contributed by atoms with E-state index >= 15 is 0 Å². The van der Waals surface area contributed by atoms with Crippen molar-refractivity contribution in [1.82, 2.24) is 0 Å². The van der Waals surface area contributed by atoms with E-state index in [0.717, 1.165) is 63.5 Å². The molecule has 1 aromatic carbocycles. The Bertz CT molecular complexity index is 1350. The Balaban J connectivity index is 1.14. The molecule has 3 N–H and O–H groups in total. The van der Waals surface area contributed by atoms with E-state index in [1.165, 1.54) is 11.1 Å². The monoisotopic (exact) mass is 602 g/mol. The lowest BCUT2D eigenvalue weighted by Gasteiger charge is -2.68. The molecule has 12 atom stereocenters. The van der Waals surface area contributed by atoms with Crippen molar-refractivity contribution in [2.75, 3.05) is 13.2 Å². The van der Waals surface area contributed by atoms with Crippen LogP contribution in [0.5, 0.6) is 0 Å². The summed E-state index contributed by atoms with van der Waals surface area (Å²) in [6, 6.07) is 10.7. The van der Waals surface area contributed by atoms with Gasteiger partial charge in [0.25, 0.3) is 0 Å². The summed E-state index contributed by atoms with van der Waals surface area (Å²) in [5.74, 6) is 1.12. The van der Waals surface area contributed by atoms with Crippen LogP contribution in [0, 0.1) is 45.3 Å². The standard InChI is InChI=1S/C39H54O5/c1-24(22-40)17-28-20-29(35(42)44-28)30-11-12-31-36(30,2)16-14-32-37(3)15-13-26-19-27(18-25-9-7-6-8-10-25)43-23-38(26,4)33(37)21-34(41)39(31,32)5/h6-10,12-13,17,27-30,32-35,40-42H,11,14-16,18-23H2,1-5H3/b24-17+/t27-,28+,29+,30+,32-,33-,34-,35?,36+,37-,38+,39+/m1/s1. The molecule has 6 aliphatic rings. The lowest BCUT2D eigenvalue weighted by molar-refractivity contribution is -0.191. The molecule has 2 saturated heterocycles. The number of rotatable bonds is 5. The van der Waals surface area contributed by atoms with E-state index < -0.39 is 12.4 Å². The summed E-state index contributed by atoms with van der Waals surface area (Å²) >= 11 is 0. The zero-order valence-electron chi connectivity index (χ0n) is 27.5. The van der Waals surface area contributed by atoms with E-state index in [1.807, 2.05) is 13.0 Å². The third kappa shape index (κ3) is 4.51. The van der Waals surface area contributed by atoms with Crippen molar-refractivity contribution in [3.05, 3.63) is 70.8 Å². The minimum absolute atomic E-state index is 0.0149. The van der Waals surface area contributed by atoms with Gasteiger partial charge in [-0.3, -0.25) is 0 Å². The number of hydrogen-bond donors (Lipinski definition) is 3. The Hall–Kier alpha value is -1.76. The first kappa shape index (κ1) is 30.9. The van der Waals surface area contributed by atoms with E-state index in [-0.39, 0.29) is 46.4 Å². The van der Waals surface area contributed by atoms with Crippen molar-refractivity contribution in [2.24, 2.45) is 45.3 Å². The normalized spacial score (nSPS) is 48.5. The van der Waals surface area contributed by atoms with Gasteiger partial charge >= 0.3 is 0 Å². The first-order valence-electron chi connectivity index (χ1n) is 17.3. The van der Waals surface area contributed by atoms with Crippen LogP contribution in [0.15, 0.2) is 65.3 Å². The molecule has 44 heavy (non-hydrogen) atoms. The first-order valence-corrected chi connectivity index (χ1v) is 17.3. The van der Waals surface area contributed by atoms with Crippen LogP contribution in [0.25, 0.3) is 0 Å². The molecule has 1 unspecified atom stereocenters. The molecule has 5 nitrogen and oxygen atoms in total. The van der Waals surface area contributed by atoms with E-state index in [9.17, 15) is 15.3 Å². The maximum Gasteiger partial charge on any atom is 0.158 e. The second kappa shape index (κ2) is 10.9. The molecule has 0 amide bonds. The van der Waals surface area contributed by atoms with Gasteiger partial charge in [-0.25, -0.2) is 0 Å². The third-order valence-corrected chi connectivity index (χ3v) is 14.1. The lowest BCUT2D eigenvalue weighted by atomic mass is 9.37. The zero-order valence-corrected chi connectivity index (χ0v) is 27.5. The molecule has 2 heterocycles. The van der Waals surface area contributed by atoms with Crippen molar-refractivity contribution < 1.29 is 24.8 Å². The van der Waals surface area contributed by atoms with Crippen molar-refractivity contribution in [3.8, 4) is 0 Å². The quantitative estimate of drug-likeness (QED) is 0.324. The Kier molecular flexibility index (Phi) is 7.65. The Labute approximate surface area is 264 Å². The van der Waals surface area contributed by atoms with Gasteiger partial charge in [-0.1, -0.05) is 87.4 Å². The number of aliphatic hydroxyl groups is 3. The summed E-state index contributed by atoms with van der Waals surface area (Å²) in [4.78, 5) is 0. The van der Waals surface area contributed by atoms with Crippen LogP contribution in [0.3, 0.4) is 0 Å². The number of aliphatic hydroxyl groups excluding tert-OH is 3. The summed E-state index contributed by atoms with van der Waals surface area (Å²) in [6.07, 6.45) is 13.6. The second-order valence-corrected chi connectivity index (χ2v) is 16.4. The Morgan fingerprint density at radius 1 is 1.00 bits per heavy atom. The van der Waals surface area contributed by atoms with E-state index in [2.05, 4.69) is 70.2 Å². The highest BCUT2D eigenvalue weighted by Gasteiger charge is 2.68. The van der Waals surface area contributed by atoms with Crippen LogP contribution < -0.4 is 0 Å². The van der Waals surface area contributed by atoms with Crippen LogP contribution in [0.4, 0.5) is 0 Å². The molecular formula is C39H54O5. The number of fused-ring (bicyclic) bond motifs is 7. The predicted molar refractivity (Wildman–Crippen MR) is 172 cm³/mol. The Morgan fingerprint density at radius 3 is 2.52 bits per heavy atom. The largest absolute Gasteiger partial charge is 0.392 e. The summed E-state index contributed by atoms with van der Waals surface area (Å²) in [5, 5.41) is 32.9. The van der Waals surface area contributed by atoms with Gasteiger partial charge in [-0.2, -0.15) is 0 Å². The minimum Gasteiger partial charge on any atom is -0.392 e. The van der Waals surface area contributed by atoms with E-state index in [4.69, 9.17) is 9.47 Å². The fraction of sp³-hybridized carbons (Fsp3) is 0.692. The maximum absolute atomic E-state index is 12.3.